The maximum absolute atomic E-state index is 13.6. The number of carbonyl (C=O) groups excluding carboxylic acids is 1. The molecule has 0 atom stereocenters. The van der Waals surface area contributed by atoms with Crippen molar-refractivity contribution in [3.8, 4) is 0 Å². The number of rotatable bonds is 3. The first-order valence-corrected chi connectivity index (χ1v) is 6.19. The maximum Gasteiger partial charge on any atom is 0.254 e. The number of benzene rings is 1. The van der Waals surface area contributed by atoms with E-state index in [0.717, 1.165) is 5.56 Å². The molecule has 20 heavy (non-hydrogen) atoms. The predicted octanol–water partition coefficient (Wildman–Crippen LogP) is 2.38. The molecule has 0 bridgehead atoms. The van der Waals surface area contributed by atoms with Gasteiger partial charge in [0.15, 0.2) is 0 Å². The summed E-state index contributed by atoms with van der Waals surface area (Å²) in [4.78, 5) is 17.7. The van der Waals surface area contributed by atoms with Gasteiger partial charge < -0.3 is 10.6 Å². The van der Waals surface area contributed by atoms with E-state index < -0.39 is 5.82 Å². The van der Waals surface area contributed by atoms with Crippen molar-refractivity contribution in [2.75, 3.05) is 12.8 Å². The van der Waals surface area contributed by atoms with Crippen molar-refractivity contribution in [1.29, 1.82) is 0 Å². The lowest BCUT2D eigenvalue weighted by Crippen LogP contribution is -2.26. The number of nitrogen functional groups attached to an aromatic ring is 1. The fraction of sp³-hybridized carbons (Fsp3) is 0.200. The van der Waals surface area contributed by atoms with Crippen molar-refractivity contribution in [1.82, 2.24) is 9.88 Å². The Hall–Kier alpha value is -2.43. The number of halogens is 1. The first-order valence-electron chi connectivity index (χ1n) is 6.19. The zero-order valence-corrected chi connectivity index (χ0v) is 11.4. The van der Waals surface area contributed by atoms with E-state index in [-0.39, 0.29) is 17.2 Å². The van der Waals surface area contributed by atoms with Crippen LogP contribution in [-0.4, -0.2) is 22.8 Å². The van der Waals surface area contributed by atoms with Crippen LogP contribution in [0.3, 0.4) is 0 Å². The highest BCUT2D eigenvalue weighted by atomic mass is 19.1. The van der Waals surface area contributed by atoms with Crippen molar-refractivity contribution in [3.05, 3.63) is 59.2 Å². The van der Waals surface area contributed by atoms with Crippen molar-refractivity contribution in [2.24, 2.45) is 0 Å². The second-order valence-electron chi connectivity index (χ2n) is 4.69. The third kappa shape index (κ3) is 2.93. The summed E-state index contributed by atoms with van der Waals surface area (Å²) in [5, 5.41) is 0. The van der Waals surface area contributed by atoms with Crippen LogP contribution in [0.4, 0.5) is 10.1 Å². The van der Waals surface area contributed by atoms with Gasteiger partial charge in [0.25, 0.3) is 5.91 Å². The van der Waals surface area contributed by atoms with Gasteiger partial charge in [-0.3, -0.25) is 9.78 Å². The van der Waals surface area contributed by atoms with Gasteiger partial charge in [-0.2, -0.15) is 0 Å². The van der Waals surface area contributed by atoms with Crippen LogP contribution in [0.1, 0.15) is 21.5 Å². The van der Waals surface area contributed by atoms with Crippen LogP contribution in [0, 0.1) is 12.7 Å². The minimum absolute atomic E-state index is 0.252. The normalized spacial score (nSPS) is 10.3. The third-order valence-corrected chi connectivity index (χ3v) is 3.15. The average Bonchev–Trinajstić information content (AvgIpc) is 2.44. The molecule has 0 aliphatic carbocycles. The van der Waals surface area contributed by atoms with Crippen molar-refractivity contribution in [2.45, 2.75) is 13.5 Å². The van der Waals surface area contributed by atoms with Gasteiger partial charge >= 0.3 is 0 Å². The molecule has 0 saturated carbocycles. The number of hydrogen-bond acceptors (Lipinski definition) is 3. The summed E-state index contributed by atoms with van der Waals surface area (Å²) in [5.74, 6) is -0.738. The minimum atomic E-state index is -0.467. The quantitative estimate of drug-likeness (QED) is 0.873. The van der Waals surface area contributed by atoms with Crippen LogP contribution in [0.2, 0.25) is 0 Å². The Morgan fingerprint density at radius 1 is 1.35 bits per heavy atom. The highest BCUT2D eigenvalue weighted by Gasteiger charge is 2.15. The molecule has 0 radical (unpaired) electrons. The smallest absolute Gasteiger partial charge is 0.254 e. The molecule has 1 heterocycles. The lowest BCUT2D eigenvalue weighted by Gasteiger charge is -2.18. The molecule has 0 fully saturated rings. The number of pyridine rings is 1. The molecule has 4 nitrogen and oxygen atoms in total. The first-order chi connectivity index (χ1) is 9.49. The summed E-state index contributed by atoms with van der Waals surface area (Å²) in [6.07, 6.45) is 3.33. The molecule has 0 aliphatic heterocycles. The molecule has 1 amide bonds. The van der Waals surface area contributed by atoms with E-state index in [0.29, 0.717) is 12.1 Å². The number of hydrogen-bond donors (Lipinski definition) is 1. The number of amides is 1. The fourth-order valence-corrected chi connectivity index (χ4v) is 1.88. The van der Waals surface area contributed by atoms with Crippen LogP contribution in [0.15, 0.2) is 36.7 Å². The van der Waals surface area contributed by atoms with E-state index in [1.54, 1.807) is 26.4 Å². The maximum atomic E-state index is 13.6. The summed E-state index contributed by atoms with van der Waals surface area (Å²) >= 11 is 0. The van der Waals surface area contributed by atoms with Gasteiger partial charge in [0.1, 0.15) is 5.82 Å². The molecule has 5 heteroatoms. The van der Waals surface area contributed by atoms with Gasteiger partial charge in [-0.1, -0.05) is 0 Å². The predicted molar refractivity (Wildman–Crippen MR) is 75.6 cm³/mol. The fourth-order valence-electron chi connectivity index (χ4n) is 1.88. The average molecular weight is 273 g/mol. The Kier molecular flexibility index (Phi) is 3.98. The lowest BCUT2D eigenvalue weighted by atomic mass is 10.1. The van der Waals surface area contributed by atoms with Crippen molar-refractivity contribution >= 4 is 11.6 Å². The molecule has 2 rings (SSSR count). The Morgan fingerprint density at radius 2 is 2.00 bits per heavy atom. The van der Waals surface area contributed by atoms with E-state index in [1.807, 2.05) is 12.1 Å². The molecule has 0 unspecified atom stereocenters. The number of nitrogens with two attached hydrogens (primary N) is 1. The van der Waals surface area contributed by atoms with E-state index in [4.69, 9.17) is 5.73 Å². The van der Waals surface area contributed by atoms with Gasteiger partial charge in [-0.05, 0) is 36.8 Å². The first kappa shape index (κ1) is 14.0. The molecule has 0 spiro atoms. The van der Waals surface area contributed by atoms with E-state index in [1.165, 1.54) is 17.0 Å². The second kappa shape index (κ2) is 5.69. The molecule has 1 aromatic carbocycles. The van der Waals surface area contributed by atoms with Crippen molar-refractivity contribution in [3.63, 3.8) is 0 Å². The van der Waals surface area contributed by atoms with Crippen LogP contribution in [-0.2, 0) is 6.54 Å². The summed E-state index contributed by atoms with van der Waals surface area (Å²) < 4.78 is 13.6. The van der Waals surface area contributed by atoms with Gasteiger partial charge in [0.05, 0.1) is 0 Å². The summed E-state index contributed by atoms with van der Waals surface area (Å²) in [5.41, 5.74) is 7.54. The van der Waals surface area contributed by atoms with Crippen molar-refractivity contribution < 1.29 is 9.18 Å². The topological polar surface area (TPSA) is 59.2 Å². The molecular weight excluding hydrogens is 257 g/mol. The number of aromatic nitrogens is 1. The Morgan fingerprint density at radius 3 is 2.60 bits per heavy atom. The highest BCUT2D eigenvalue weighted by molar-refractivity contribution is 5.95. The van der Waals surface area contributed by atoms with Crippen LogP contribution < -0.4 is 5.73 Å². The number of carbonyl (C=O) groups is 1. The summed E-state index contributed by atoms with van der Waals surface area (Å²) in [6.45, 7) is 2.01. The number of nitrogens with zero attached hydrogens (tertiary/aromatic N) is 2. The molecule has 2 aromatic rings. The third-order valence-electron chi connectivity index (χ3n) is 3.15. The zero-order valence-electron chi connectivity index (χ0n) is 11.4. The Balaban J connectivity index is 2.19. The van der Waals surface area contributed by atoms with Gasteiger partial charge in [-0.15, -0.1) is 0 Å². The van der Waals surface area contributed by atoms with E-state index in [9.17, 15) is 9.18 Å². The van der Waals surface area contributed by atoms with Crippen LogP contribution >= 0.6 is 0 Å². The van der Waals surface area contributed by atoms with E-state index in [2.05, 4.69) is 4.98 Å². The van der Waals surface area contributed by atoms with E-state index >= 15 is 0 Å². The molecule has 0 saturated heterocycles. The van der Waals surface area contributed by atoms with Gasteiger partial charge in [0.2, 0.25) is 0 Å². The molecule has 0 aliphatic rings. The molecule has 1 aromatic heterocycles. The molecule has 2 N–H and O–H groups in total. The van der Waals surface area contributed by atoms with Crippen LogP contribution in [0.25, 0.3) is 0 Å². The highest BCUT2D eigenvalue weighted by Crippen LogP contribution is 2.19. The Labute approximate surface area is 117 Å². The monoisotopic (exact) mass is 273 g/mol. The second-order valence-corrected chi connectivity index (χ2v) is 4.69. The lowest BCUT2D eigenvalue weighted by molar-refractivity contribution is 0.0784. The molecule has 104 valence electrons. The zero-order chi connectivity index (χ0) is 14.7. The SMILES string of the molecule is Cc1c(N)cc(C(=O)N(C)Cc2ccncc2)cc1F. The number of anilines is 1. The summed E-state index contributed by atoms with van der Waals surface area (Å²) in [7, 11) is 1.66. The minimum Gasteiger partial charge on any atom is -0.398 e. The standard InChI is InChI=1S/C15H16FN3O/c1-10-13(16)7-12(8-14(10)17)15(20)19(2)9-11-3-5-18-6-4-11/h3-8H,9,17H2,1-2H3. The molecular formula is C15H16FN3O. The van der Waals surface area contributed by atoms with Gasteiger partial charge in [-0.25, -0.2) is 4.39 Å². The largest absolute Gasteiger partial charge is 0.398 e. The van der Waals surface area contributed by atoms with Crippen LogP contribution in [0.5, 0.6) is 0 Å². The van der Waals surface area contributed by atoms with Gasteiger partial charge in [0, 0.05) is 42.8 Å². The Bertz CT molecular complexity index is 605. The summed E-state index contributed by atoms with van der Waals surface area (Å²) in [6, 6.07) is 6.38.